The predicted molar refractivity (Wildman–Crippen MR) is 107 cm³/mol. The number of nitrogens with zero attached hydrogens (tertiary/aromatic N) is 1. The SMILES string of the molecule is CC(C)(O)CN1C=C(c2ccc(B3OC(C)(C)C(C)(C)O3)cc2)C=CC1. The highest BCUT2D eigenvalue weighted by atomic mass is 16.7. The maximum atomic E-state index is 10.0. The molecule has 0 aliphatic carbocycles. The first-order valence-corrected chi connectivity index (χ1v) is 9.28. The Labute approximate surface area is 157 Å². The summed E-state index contributed by atoms with van der Waals surface area (Å²) in [6, 6.07) is 8.34. The topological polar surface area (TPSA) is 41.9 Å². The van der Waals surface area contributed by atoms with E-state index in [0.29, 0.717) is 6.54 Å². The molecule has 0 unspecified atom stereocenters. The molecule has 0 radical (unpaired) electrons. The number of benzene rings is 1. The van der Waals surface area contributed by atoms with Crippen LogP contribution in [0.3, 0.4) is 0 Å². The van der Waals surface area contributed by atoms with Gasteiger partial charge in [-0.2, -0.15) is 0 Å². The average molecular weight is 355 g/mol. The highest BCUT2D eigenvalue weighted by Crippen LogP contribution is 2.36. The third-order valence-corrected chi connectivity index (χ3v) is 5.32. The van der Waals surface area contributed by atoms with E-state index in [2.05, 4.69) is 75.2 Å². The molecular formula is C21H30BNO3. The molecule has 0 spiro atoms. The van der Waals surface area contributed by atoms with Crippen molar-refractivity contribution in [3.8, 4) is 0 Å². The van der Waals surface area contributed by atoms with Crippen LogP contribution in [-0.2, 0) is 9.31 Å². The molecule has 2 heterocycles. The van der Waals surface area contributed by atoms with Crippen molar-refractivity contribution in [3.63, 3.8) is 0 Å². The Morgan fingerprint density at radius 1 is 1.08 bits per heavy atom. The van der Waals surface area contributed by atoms with E-state index in [0.717, 1.165) is 23.1 Å². The van der Waals surface area contributed by atoms with Gasteiger partial charge < -0.3 is 19.3 Å². The summed E-state index contributed by atoms with van der Waals surface area (Å²) in [6.07, 6.45) is 6.37. The van der Waals surface area contributed by atoms with Crippen LogP contribution in [0.25, 0.3) is 5.57 Å². The van der Waals surface area contributed by atoms with Crippen molar-refractivity contribution in [2.45, 2.75) is 58.3 Å². The fourth-order valence-corrected chi connectivity index (χ4v) is 3.20. The van der Waals surface area contributed by atoms with Gasteiger partial charge in [-0.05, 0) is 58.1 Å². The van der Waals surface area contributed by atoms with Crippen molar-refractivity contribution in [2.75, 3.05) is 13.1 Å². The fraction of sp³-hybridized carbons (Fsp3) is 0.524. The minimum Gasteiger partial charge on any atom is -0.399 e. The van der Waals surface area contributed by atoms with Crippen molar-refractivity contribution in [1.82, 2.24) is 4.90 Å². The van der Waals surface area contributed by atoms with Gasteiger partial charge in [-0.1, -0.05) is 36.4 Å². The van der Waals surface area contributed by atoms with Gasteiger partial charge in [-0.3, -0.25) is 0 Å². The molecule has 1 saturated heterocycles. The molecule has 0 amide bonds. The zero-order valence-electron chi connectivity index (χ0n) is 16.7. The summed E-state index contributed by atoms with van der Waals surface area (Å²) in [4.78, 5) is 2.14. The second kappa shape index (κ2) is 6.56. The van der Waals surface area contributed by atoms with Crippen molar-refractivity contribution >= 4 is 18.2 Å². The van der Waals surface area contributed by atoms with E-state index in [1.807, 2.05) is 13.8 Å². The molecule has 5 heteroatoms. The Morgan fingerprint density at radius 2 is 1.65 bits per heavy atom. The fourth-order valence-electron chi connectivity index (χ4n) is 3.20. The summed E-state index contributed by atoms with van der Waals surface area (Å²) in [5.74, 6) is 0. The summed E-state index contributed by atoms with van der Waals surface area (Å²) in [5, 5.41) is 10.0. The van der Waals surface area contributed by atoms with Gasteiger partial charge in [0.2, 0.25) is 0 Å². The average Bonchev–Trinajstić information content (AvgIpc) is 2.74. The van der Waals surface area contributed by atoms with Gasteiger partial charge in [0.1, 0.15) is 0 Å². The molecular weight excluding hydrogens is 325 g/mol. The van der Waals surface area contributed by atoms with Crippen LogP contribution >= 0.6 is 0 Å². The van der Waals surface area contributed by atoms with E-state index >= 15 is 0 Å². The Bertz CT molecular complexity index is 698. The summed E-state index contributed by atoms with van der Waals surface area (Å²) in [5.41, 5.74) is 1.93. The molecule has 1 aromatic carbocycles. The Balaban J connectivity index is 1.75. The minimum atomic E-state index is -0.715. The van der Waals surface area contributed by atoms with E-state index in [4.69, 9.17) is 9.31 Å². The number of β-amino-alcohol motifs (C(OH)–C–C–N with tert-alkyl or cyclic N) is 1. The molecule has 0 aromatic heterocycles. The van der Waals surface area contributed by atoms with Crippen LogP contribution in [0.2, 0.25) is 0 Å². The number of allylic oxidation sites excluding steroid dienone is 2. The maximum absolute atomic E-state index is 10.0. The van der Waals surface area contributed by atoms with Crippen LogP contribution in [-0.4, -0.2) is 47.0 Å². The van der Waals surface area contributed by atoms with Crippen LogP contribution < -0.4 is 5.46 Å². The monoisotopic (exact) mass is 355 g/mol. The van der Waals surface area contributed by atoms with Gasteiger partial charge in [0, 0.05) is 19.3 Å². The van der Waals surface area contributed by atoms with Crippen LogP contribution in [0.1, 0.15) is 47.1 Å². The zero-order valence-corrected chi connectivity index (χ0v) is 16.7. The number of aliphatic hydroxyl groups is 1. The van der Waals surface area contributed by atoms with E-state index in [9.17, 15) is 5.11 Å². The first-order chi connectivity index (χ1) is 12.0. The second-order valence-corrected chi connectivity index (χ2v) is 8.94. The lowest BCUT2D eigenvalue weighted by Gasteiger charge is -2.32. The molecule has 140 valence electrons. The van der Waals surface area contributed by atoms with Crippen molar-refractivity contribution in [1.29, 1.82) is 0 Å². The largest absolute Gasteiger partial charge is 0.494 e. The first kappa shape index (κ1) is 19.2. The van der Waals surface area contributed by atoms with Crippen LogP contribution in [0, 0.1) is 0 Å². The Kier molecular flexibility index (Phi) is 4.84. The van der Waals surface area contributed by atoms with Gasteiger partial charge in [0.25, 0.3) is 0 Å². The van der Waals surface area contributed by atoms with Gasteiger partial charge in [-0.15, -0.1) is 0 Å². The maximum Gasteiger partial charge on any atom is 0.494 e. The van der Waals surface area contributed by atoms with Crippen LogP contribution in [0.4, 0.5) is 0 Å². The van der Waals surface area contributed by atoms with Crippen LogP contribution in [0.15, 0.2) is 42.6 Å². The molecule has 26 heavy (non-hydrogen) atoms. The zero-order chi connectivity index (χ0) is 19.2. The van der Waals surface area contributed by atoms with Crippen LogP contribution in [0.5, 0.6) is 0 Å². The summed E-state index contributed by atoms with van der Waals surface area (Å²) < 4.78 is 12.2. The normalized spacial score (nSPS) is 21.9. The first-order valence-electron chi connectivity index (χ1n) is 9.28. The van der Waals surface area contributed by atoms with Gasteiger partial charge in [0.15, 0.2) is 0 Å². The molecule has 0 atom stereocenters. The highest BCUT2D eigenvalue weighted by molar-refractivity contribution is 6.62. The lowest BCUT2D eigenvalue weighted by Crippen LogP contribution is -2.41. The molecule has 2 aliphatic rings. The minimum absolute atomic E-state index is 0.331. The Hall–Kier alpha value is -1.56. The number of hydrogen-bond acceptors (Lipinski definition) is 4. The van der Waals surface area contributed by atoms with Crippen molar-refractivity contribution in [2.24, 2.45) is 0 Å². The predicted octanol–water partition coefficient (Wildman–Crippen LogP) is 2.97. The van der Waals surface area contributed by atoms with E-state index in [1.54, 1.807) is 0 Å². The smallest absolute Gasteiger partial charge is 0.399 e. The molecule has 2 aliphatic heterocycles. The van der Waals surface area contributed by atoms with Gasteiger partial charge >= 0.3 is 7.12 Å². The standard InChI is InChI=1S/C21H30BNO3/c1-19(2,24)15-23-13-7-8-17(14-23)16-9-11-18(12-10-16)22-25-20(3,4)21(5,6)26-22/h7-12,14,24H,13,15H2,1-6H3. The number of rotatable bonds is 4. The highest BCUT2D eigenvalue weighted by Gasteiger charge is 2.51. The molecule has 3 rings (SSSR count). The third-order valence-electron chi connectivity index (χ3n) is 5.32. The van der Waals surface area contributed by atoms with Crippen molar-refractivity contribution < 1.29 is 14.4 Å². The van der Waals surface area contributed by atoms with E-state index in [-0.39, 0.29) is 18.3 Å². The lowest BCUT2D eigenvalue weighted by molar-refractivity contribution is 0.00578. The van der Waals surface area contributed by atoms with Gasteiger partial charge in [-0.25, -0.2) is 0 Å². The number of hydrogen-bond donors (Lipinski definition) is 1. The lowest BCUT2D eigenvalue weighted by atomic mass is 9.78. The second-order valence-electron chi connectivity index (χ2n) is 8.94. The van der Waals surface area contributed by atoms with E-state index < -0.39 is 5.60 Å². The summed E-state index contributed by atoms with van der Waals surface area (Å²) in [6.45, 7) is 13.3. The van der Waals surface area contributed by atoms with Crippen molar-refractivity contribution in [3.05, 3.63) is 48.2 Å². The van der Waals surface area contributed by atoms with E-state index in [1.165, 1.54) is 0 Å². The molecule has 4 nitrogen and oxygen atoms in total. The van der Waals surface area contributed by atoms with Gasteiger partial charge in [0.05, 0.1) is 16.8 Å². The molecule has 0 saturated carbocycles. The summed E-state index contributed by atoms with van der Waals surface area (Å²) >= 11 is 0. The molecule has 1 N–H and O–H groups in total. The molecule has 1 fully saturated rings. The third kappa shape index (κ3) is 4.06. The molecule has 1 aromatic rings. The quantitative estimate of drug-likeness (QED) is 0.844. The summed E-state index contributed by atoms with van der Waals surface area (Å²) in [7, 11) is -0.336. The molecule has 0 bridgehead atoms. The Morgan fingerprint density at radius 3 is 2.19 bits per heavy atom.